The third kappa shape index (κ3) is 5.09. The van der Waals surface area contributed by atoms with Crippen LogP contribution in [-0.2, 0) is 9.53 Å². The van der Waals surface area contributed by atoms with Crippen LogP contribution in [0.1, 0.15) is 57.3 Å². The number of rotatable bonds is 4. The van der Waals surface area contributed by atoms with Gasteiger partial charge in [0.1, 0.15) is 0 Å². The predicted octanol–water partition coefficient (Wildman–Crippen LogP) is 4.41. The molecular formula is C28H36N4O4. The molecule has 0 radical (unpaired) electrons. The summed E-state index contributed by atoms with van der Waals surface area (Å²) in [6.07, 6.45) is 2.36. The lowest BCUT2D eigenvalue weighted by atomic mass is 9.98. The van der Waals surface area contributed by atoms with Crippen LogP contribution >= 0.6 is 0 Å². The van der Waals surface area contributed by atoms with Gasteiger partial charge in [-0.1, -0.05) is 18.2 Å². The standard InChI is InChI=1S/C28H36N4O4/c1-18(2)36-28(35)31-17-19(3)32(20(4)33)25-13-12-23(15-26(25)31)21-8-10-22(11-9-21)27(34)30-14-6-5-7-24(30)16-29/h8-13,15,18-19,24H,5-7,14,16-17,29H2,1-4H3. The van der Waals surface area contributed by atoms with Crippen molar-refractivity contribution in [3.05, 3.63) is 48.0 Å². The van der Waals surface area contributed by atoms with Crippen LogP contribution in [0.2, 0.25) is 0 Å². The second-order valence-corrected chi connectivity index (χ2v) is 9.95. The molecule has 4 rings (SSSR count). The molecule has 8 nitrogen and oxygen atoms in total. The molecule has 1 saturated heterocycles. The van der Waals surface area contributed by atoms with Crippen LogP contribution in [0.3, 0.4) is 0 Å². The Bertz CT molecular complexity index is 1130. The third-order valence-electron chi connectivity index (χ3n) is 6.93. The zero-order valence-electron chi connectivity index (χ0n) is 21.6. The molecule has 3 amide bonds. The minimum atomic E-state index is -0.435. The molecule has 2 aromatic rings. The number of hydrogen-bond acceptors (Lipinski definition) is 5. The molecule has 2 unspecified atom stereocenters. The first-order valence-electron chi connectivity index (χ1n) is 12.7. The molecule has 2 aliphatic heterocycles. The summed E-state index contributed by atoms with van der Waals surface area (Å²) < 4.78 is 5.49. The van der Waals surface area contributed by atoms with Gasteiger partial charge in [-0.3, -0.25) is 14.5 Å². The lowest BCUT2D eigenvalue weighted by Gasteiger charge is -2.40. The highest BCUT2D eigenvalue weighted by molar-refractivity contribution is 6.03. The van der Waals surface area contributed by atoms with Gasteiger partial charge in [0, 0.05) is 38.2 Å². The maximum absolute atomic E-state index is 13.1. The number of amides is 3. The van der Waals surface area contributed by atoms with Crippen molar-refractivity contribution in [2.24, 2.45) is 5.73 Å². The summed E-state index contributed by atoms with van der Waals surface area (Å²) in [6.45, 7) is 8.63. The second-order valence-electron chi connectivity index (χ2n) is 9.95. The normalized spacial score (nSPS) is 19.8. The molecule has 8 heteroatoms. The third-order valence-corrected chi connectivity index (χ3v) is 6.93. The van der Waals surface area contributed by atoms with Crippen molar-refractivity contribution in [2.75, 3.05) is 29.4 Å². The topological polar surface area (TPSA) is 96.2 Å². The van der Waals surface area contributed by atoms with Gasteiger partial charge in [0.25, 0.3) is 5.91 Å². The van der Waals surface area contributed by atoms with Crippen LogP contribution in [0.25, 0.3) is 11.1 Å². The van der Waals surface area contributed by atoms with Crippen molar-refractivity contribution in [2.45, 2.75) is 65.1 Å². The monoisotopic (exact) mass is 492 g/mol. The number of anilines is 2. The molecule has 2 aliphatic rings. The van der Waals surface area contributed by atoms with Crippen LogP contribution in [0, 0.1) is 0 Å². The van der Waals surface area contributed by atoms with Gasteiger partial charge in [-0.25, -0.2) is 4.79 Å². The predicted molar refractivity (Wildman–Crippen MR) is 141 cm³/mol. The van der Waals surface area contributed by atoms with Crippen molar-refractivity contribution in [3.8, 4) is 11.1 Å². The summed E-state index contributed by atoms with van der Waals surface area (Å²) in [5.74, 6) is -0.0689. The van der Waals surface area contributed by atoms with E-state index in [1.54, 1.807) is 9.80 Å². The number of nitrogens with two attached hydrogens (primary N) is 1. The number of ether oxygens (including phenoxy) is 1. The van der Waals surface area contributed by atoms with E-state index in [1.807, 2.05) is 68.1 Å². The van der Waals surface area contributed by atoms with Crippen molar-refractivity contribution in [1.29, 1.82) is 0 Å². The summed E-state index contributed by atoms with van der Waals surface area (Å²) in [5.41, 5.74) is 9.64. The van der Waals surface area contributed by atoms with Crippen LogP contribution in [0.4, 0.5) is 16.2 Å². The Morgan fingerprint density at radius 3 is 2.36 bits per heavy atom. The fourth-order valence-corrected chi connectivity index (χ4v) is 5.21. The van der Waals surface area contributed by atoms with Gasteiger partial charge in [-0.2, -0.15) is 0 Å². The molecule has 0 spiro atoms. The lowest BCUT2D eigenvalue weighted by molar-refractivity contribution is -0.117. The molecule has 0 saturated carbocycles. The Labute approximate surface area is 213 Å². The van der Waals surface area contributed by atoms with Crippen LogP contribution < -0.4 is 15.5 Å². The molecule has 36 heavy (non-hydrogen) atoms. The van der Waals surface area contributed by atoms with Crippen molar-refractivity contribution >= 4 is 29.3 Å². The van der Waals surface area contributed by atoms with E-state index >= 15 is 0 Å². The summed E-state index contributed by atoms with van der Waals surface area (Å²) in [7, 11) is 0. The molecule has 0 aromatic heterocycles. The van der Waals surface area contributed by atoms with Gasteiger partial charge >= 0.3 is 6.09 Å². The summed E-state index contributed by atoms with van der Waals surface area (Å²) in [4.78, 5) is 43.6. The highest BCUT2D eigenvalue weighted by atomic mass is 16.6. The van der Waals surface area contributed by atoms with E-state index in [2.05, 4.69) is 0 Å². The Balaban J connectivity index is 1.65. The van der Waals surface area contributed by atoms with Crippen molar-refractivity contribution < 1.29 is 19.1 Å². The highest BCUT2D eigenvalue weighted by Gasteiger charge is 2.35. The molecule has 2 atom stereocenters. The minimum absolute atomic E-state index is 0.0100. The van der Waals surface area contributed by atoms with E-state index in [-0.39, 0.29) is 30.0 Å². The van der Waals surface area contributed by atoms with Gasteiger partial charge < -0.3 is 20.3 Å². The molecule has 2 heterocycles. The average molecular weight is 493 g/mol. The van der Waals surface area contributed by atoms with E-state index in [1.165, 1.54) is 6.92 Å². The van der Waals surface area contributed by atoms with Gasteiger partial charge in [-0.05, 0) is 75.4 Å². The SMILES string of the molecule is CC(=O)N1c2ccc(-c3ccc(C(=O)N4CCCCC4CN)cc3)cc2N(C(=O)OC(C)C)CC1C. The van der Waals surface area contributed by atoms with Crippen LogP contribution in [0.5, 0.6) is 0 Å². The first kappa shape index (κ1) is 25.7. The lowest BCUT2D eigenvalue weighted by Crippen LogP contribution is -2.51. The van der Waals surface area contributed by atoms with E-state index in [0.29, 0.717) is 30.0 Å². The van der Waals surface area contributed by atoms with E-state index in [0.717, 1.165) is 36.9 Å². The van der Waals surface area contributed by atoms with Gasteiger partial charge in [0.15, 0.2) is 0 Å². The van der Waals surface area contributed by atoms with Crippen molar-refractivity contribution in [1.82, 2.24) is 4.90 Å². The molecule has 192 valence electrons. The first-order valence-corrected chi connectivity index (χ1v) is 12.7. The quantitative estimate of drug-likeness (QED) is 0.682. The fraction of sp³-hybridized carbons (Fsp3) is 0.464. The summed E-state index contributed by atoms with van der Waals surface area (Å²) >= 11 is 0. The fourth-order valence-electron chi connectivity index (χ4n) is 5.21. The molecule has 1 fully saturated rings. The van der Waals surface area contributed by atoms with E-state index in [9.17, 15) is 14.4 Å². The van der Waals surface area contributed by atoms with Gasteiger partial charge in [0.05, 0.1) is 23.5 Å². The number of piperidine rings is 1. The number of nitrogens with zero attached hydrogens (tertiary/aromatic N) is 3. The first-order chi connectivity index (χ1) is 17.2. The maximum atomic E-state index is 13.1. The minimum Gasteiger partial charge on any atom is -0.446 e. The zero-order valence-corrected chi connectivity index (χ0v) is 21.6. The number of fused-ring (bicyclic) bond motifs is 1. The number of hydrogen-bond donors (Lipinski definition) is 1. The Morgan fingerprint density at radius 1 is 1.03 bits per heavy atom. The zero-order chi connectivity index (χ0) is 26.0. The molecule has 0 bridgehead atoms. The second kappa shape index (κ2) is 10.7. The summed E-state index contributed by atoms with van der Waals surface area (Å²) in [5, 5.41) is 0. The van der Waals surface area contributed by atoms with E-state index in [4.69, 9.17) is 10.5 Å². The number of carbonyl (C=O) groups is 3. The highest BCUT2D eigenvalue weighted by Crippen LogP contribution is 2.39. The Morgan fingerprint density at radius 2 is 1.72 bits per heavy atom. The van der Waals surface area contributed by atoms with E-state index < -0.39 is 6.09 Å². The van der Waals surface area contributed by atoms with Crippen LogP contribution in [0.15, 0.2) is 42.5 Å². The number of carbonyl (C=O) groups excluding carboxylic acids is 3. The molecule has 2 aromatic carbocycles. The maximum Gasteiger partial charge on any atom is 0.414 e. The van der Waals surface area contributed by atoms with Gasteiger partial charge in [0.2, 0.25) is 5.91 Å². The Hall–Kier alpha value is -3.39. The number of benzene rings is 2. The molecule has 0 aliphatic carbocycles. The average Bonchev–Trinajstić information content (AvgIpc) is 2.86. The smallest absolute Gasteiger partial charge is 0.414 e. The molecule has 2 N–H and O–H groups in total. The largest absolute Gasteiger partial charge is 0.446 e. The van der Waals surface area contributed by atoms with Crippen molar-refractivity contribution in [3.63, 3.8) is 0 Å². The van der Waals surface area contributed by atoms with Crippen LogP contribution in [-0.4, -0.2) is 60.6 Å². The number of likely N-dealkylation sites (tertiary alicyclic amines) is 1. The summed E-state index contributed by atoms with van der Waals surface area (Å²) in [6, 6.07) is 13.1. The Kier molecular flexibility index (Phi) is 7.64. The molecular weight excluding hydrogens is 456 g/mol. The van der Waals surface area contributed by atoms with Gasteiger partial charge in [-0.15, -0.1) is 0 Å².